The van der Waals surface area contributed by atoms with Crippen molar-refractivity contribution in [2.75, 3.05) is 20.8 Å². The summed E-state index contributed by atoms with van der Waals surface area (Å²) >= 11 is 0. The minimum Gasteiger partial charge on any atom is -0.497 e. The summed E-state index contributed by atoms with van der Waals surface area (Å²) in [7, 11) is -1.10. The van der Waals surface area contributed by atoms with Crippen LogP contribution in [-0.4, -0.2) is 35.4 Å². The molecule has 0 heterocycles. The predicted molar refractivity (Wildman–Crippen MR) is 95.7 cm³/mol. The molecule has 0 saturated heterocycles. The lowest BCUT2D eigenvalue weighted by Gasteiger charge is -2.12. The summed E-state index contributed by atoms with van der Waals surface area (Å²) in [5.41, 5.74) is 1.18. The van der Waals surface area contributed by atoms with Gasteiger partial charge in [0.1, 0.15) is 23.0 Å². The van der Waals surface area contributed by atoms with E-state index in [9.17, 15) is 21.6 Å². The van der Waals surface area contributed by atoms with Crippen molar-refractivity contribution in [3.8, 4) is 11.5 Å². The second kappa shape index (κ2) is 9.26. The highest BCUT2D eigenvalue weighted by molar-refractivity contribution is 7.89. The second-order valence-corrected chi connectivity index (χ2v) is 7.50. The van der Waals surface area contributed by atoms with E-state index in [4.69, 9.17) is 9.47 Å². The number of sulfonamides is 1. The maximum absolute atomic E-state index is 12.6. The lowest BCUT2D eigenvalue weighted by atomic mass is 10.1. The van der Waals surface area contributed by atoms with Crippen LogP contribution in [0.4, 0.5) is 13.2 Å². The summed E-state index contributed by atoms with van der Waals surface area (Å²) in [5.74, 6) is 0.537. The Labute approximate surface area is 161 Å². The average Bonchev–Trinajstić information content (AvgIpc) is 2.66. The van der Waals surface area contributed by atoms with Gasteiger partial charge in [-0.05, 0) is 23.3 Å². The monoisotopic (exact) mass is 419 g/mol. The highest BCUT2D eigenvalue weighted by Gasteiger charge is 2.27. The molecule has 0 aliphatic heterocycles. The first-order valence-electron chi connectivity index (χ1n) is 8.08. The van der Waals surface area contributed by atoms with Crippen LogP contribution >= 0.6 is 0 Å². The molecule has 0 amide bonds. The van der Waals surface area contributed by atoms with E-state index < -0.39 is 22.8 Å². The number of hydrogen-bond donors (Lipinski definition) is 1. The van der Waals surface area contributed by atoms with Crippen LogP contribution in [0.25, 0.3) is 0 Å². The summed E-state index contributed by atoms with van der Waals surface area (Å²) in [6, 6.07) is 10.8. The molecule has 2 aromatic carbocycles. The third-order valence-electron chi connectivity index (χ3n) is 3.68. The molecular formula is C18H20F3NO5S. The molecule has 0 bridgehead atoms. The zero-order valence-electron chi connectivity index (χ0n) is 15.2. The first-order valence-corrected chi connectivity index (χ1v) is 9.57. The van der Waals surface area contributed by atoms with E-state index in [1.807, 2.05) is 0 Å². The molecule has 28 heavy (non-hydrogen) atoms. The number of ether oxygens (including phenoxy) is 3. The number of benzene rings is 2. The topological polar surface area (TPSA) is 73.9 Å². The molecule has 0 fully saturated rings. The van der Waals surface area contributed by atoms with Crippen LogP contribution in [0.2, 0.25) is 0 Å². The average molecular weight is 419 g/mol. The second-order valence-electron chi connectivity index (χ2n) is 5.77. The van der Waals surface area contributed by atoms with Gasteiger partial charge in [-0.1, -0.05) is 24.3 Å². The molecule has 0 saturated carbocycles. The van der Waals surface area contributed by atoms with Crippen LogP contribution in [0.1, 0.15) is 11.1 Å². The Hall–Kier alpha value is -2.30. The molecule has 0 atom stereocenters. The smallest absolute Gasteiger partial charge is 0.411 e. The fourth-order valence-electron chi connectivity index (χ4n) is 2.29. The molecule has 0 aromatic heterocycles. The maximum Gasteiger partial charge on any atom is 0.411 e. The number of nitrogens with one attached hydrogen (secondary N) is 1. The molecule has 0 unspecified atom stereocenters. The number of rotatable bonds is 9. The molecule has 0 radical (unpaired) electrons. The highest BCUT2D eigenvalue weighted by Crippen LogP contribution is 2.28. The molecule has 2 rings (SSSR count). The van der Waals surface area contributed by atoms with Gasteiger partial charge in [-0.25, -0.2) is 13.1 Å². The standard InChI is InChI=1S/C18H20F3NO5S/c1-25-15-7-8-16(26-2)17(9-15)28(23,24)22-10-13-3-5-14(6-4-13)11-27-12-18(19,20)21/h3-9,22H,10-12H2,1-2H3. The summed E-state index contributed by atoms with van der Waals surface area (Å²) in [4.78, 5) is -0.0634. The fraction of sp³-hybridized carbons (Fsp3) is 0.333. The van der Waals surface area contributed by atoms with Gasteiger partial charge >= 0.3 is 6.18 Å². The van der Waals surface area contributed by atoms with Crippen LogP contribution in [-0.2, 0) is 27.9 Å². The van der Waals surface area contributed by atoms with E-state index in [1.54, 1.807) is 30.3 Å². The van der Waals surface area contributed by atoms with Gasteiger partial charge in [0.15, 0.2) is 0 Å². The Kier molecular flexibility index (Phi) is 7.28. The van der Waals surface area contributed by atoms with Gasteiger partial charge in [-0.2, -0.15) is 13.2 Å². The van der Waals surface area contributed by atoms with E-state index in [0.29, 0.717) is 16.9 Å². The summed E-state index contributed by atoms with van der Waals surface area (Å²) in [5, 5.41) is 0. The third-order valence-corrected chi connectivity index (χ3v) is 5.11. The Bertz CT molecular complexity index is 883. The normalized spacial score (nSPS) is 12.0. The molecule has 0 aliphatic rings. The minimum absolute atomic E-state index is 0.00755. The van der Waals surface area contributed by atoms with Crippen LogP contribution in [0, 0.1) is 0 Å². The van der Waals surface area contributed by atoms with E-state index in [1.165, 1.54) is 26.4 Å². The molecule has 154 valence electrons. The molecule has 0 spiro atoms. The number of alkyl halides is 3. The summed E-state index contributed by atoms with van der Waals surface area (Å²) in [6.45, 7) is -1.52. The van der Waals surface area contributed by atoms with Crippen LogP contribution in [0.3, 0.4) is 0 Å². The quantitative estimate of drug-likeness (QED) is 0.676. The minimum atomic E-state index is -4.38. The van der Waals surface area contributed by atoms with Crippen molar-refractivity contribution in [2.24, 2.45) is 0 Å². The van der Waals surface area contributed by atoms with Gasteiger partial charge in [-0.15, -0.1) is 0 Å². The van der Waals surface area contributed by atoms with Crippen LogP contribution in [0.15, 0.2) is 47.4 Å². The van der Waals surface area contributed by atoms with Crippen molar-refractivity contribution in [1.82, 2.24) is 4.72 Å². The fourth-order valence-corrected chi connectivity index (χ4v) is 3.49. The van der Waals surface area contributed by atoms with Crippen LogP contribution < -0.4 is 14.2 Å². The summed E-state index contributed by atoms with van der Waals surface area (Å²) < 4.78 is 78.6. The van der Waals surface area contributed by atoms with Gasteiger partial charge in [0, 0.05) is 12.6 Å². The molecule has 10 heteroatoms. The molecule has 0 aliphatic carbocycles. The van der Waals surface area contributed by atoms with Crippen LogP contribution in [0.5, 0.6) is 11.5 Å². The largest absolute Gasteiger partial charge is 0.497 e. The van der Waals surface area contributed by atoms with Crippen molar-refractivity contribution in [1.29, 1.82) is 0 Å². The lowest BCUT2D eigenvalue weighted by Crippen LogP contribution is -2.23. The SMILES string of the molecule is COc1ccc(OC)c(S(=O)(=O)NCc2ccc(COCC(F)(F)F)cc2)c1. The molecular weight excluding hydrogens is 399 g/mol. The van der Waals surface area contributed by atoms with Gasteiger partial charge in [-0.3, -0.25) is 0 Å². The van der Waals surface area contributed by atoms with E-state index >= 15 is 0 Å². The lowest BCUT2D eigenvalue weighted by molar-refractivity contribution is -0.176. The summed E-state index contributed by atoms with van der Waals surface area (Å²) in [6.07, 6.45) is -4.38. The van der Waals surface area contributed by atoms with Crippen molar-refractivity contribution < 1.29 is 35.8 Å². The van der Waals surface area contributed by atoms with Gasteiger partial charge in [0.05, 0.1) is 20.8 Å². The molecule has 2 aromatic rings. The number of methoxy groups -OCH3 is 2. The molecule has 1 N–H and O–H groups in total. The van der Waals surface area contributed by atoms with Crippen molar-refractivity contribution in [3.05, 3.63) is 53.6 Å². The van der Waals surface area contributed by atoms with E-state index in [2.05, 4.69) is 9.46 Å². The van der Waals surface area contributed by atoms with Gasteiger partial charge < -0.3 is 14.2 Å². The van der Waals surface area contributed by atoms with Crippen molar-refractivity contribution in [3.63, 3.8) is 0 Å². The van der Waals surface area contributed by atoms with Gasteiger partial charge in [0.2, 0.25) is 10.0 Å². The zero-order valence-corrected chi connectivity index (χ0v) is 16.1. The molecule has 6 nitrogen and oxygen atoms in total. The van der Waals surface area contributed by atoms with Crippen molar-refractivity contribution in [2.45, 2.75) is 24.2 Å². The Balaban J connectivity index is 2.01. The maximum atomic E-state index is 12.6. The zero-order chi connectivity index (χ0) is 20.8. The highest BCUT2D eigenvalue weighted by atomic mass is 32.2. The Morgan fingerprint density at radius 2 is 1.61 bits per heavy atom. The number of hydrogen-bond acceptors (Lipinski definition) is 5. The van der Waals surface area contributed by atoms with Crippen molar-refractivity contribution >= 4 is 10.0 Å². The number of halogens is 3. The first kappa shape index (κ1) is 22.0. The Morgan fingerprint density at radius 3 is 2.18 bits per heavy atom. The first-order chi connectivity index (χ1) is 13.1. The van der Waals surface area contributed by atoms with E-state index in [0.717, 1.165) is 0 Å². The van der Waals surface area contributed by atoms with E-state index in [-0.39, 0.29) is 23.8 Å². The Morgan fingerprint density at radius 1 is 0.964 bits per heavy atom. The third kappa shape index (κ3) is 6.39. The predicted octanol–water partition coefficient (Wildman–Crippen LogP) is 3.26. The van der Waals surface area contributed by atoms with Gasteiger partial charge in [0.25, 0.3) is 0 Å².